The number of carbonyl (C=O) groups is 1. The number of fused-ring (bicyclic) bond motifs is 1. The normalized spacial score (nSPS) is 11.1. The van der Waals surface area contributed by atoms with Crippen LogP contribution in [0.2, 0.25) is 0 Å². The summed E-state index contributed by atoms with van der Waals surface area (Å²) in [5.74, 6) is 0.451. The molecule has 132 valence electrons. The van der Waals surface area contributed by atoms with Crippen LogP contribution in [0.3, 0.4) is 0 Å². The molecule has 9 nitrogen and oxygen atoms in total. The number of hydrogen-bond donors (Lipinski definition) is 3. The van der Waals surface area contributed by atoms with Crippen molar-refractivity contribution in [1.29, 1.82) is 0 Å². The number of amides is 1. The molecule has 0 saturated heterocycles. The predicted molar refractivity (Wildman–Crippen MR) is 90.5 cm³/mol. The monoisotopic (exact) mass is 344 g/mol. The zero-order valence-electron chi connectivity index (χ0n) is 13.7. The Balaban J connectivity index is 1.64. The number of unbranched alkanes of at least 4 members (excludes halogenated alkanes) is 3. The van der Waals surface area contributed by atoms with Crippen LogP contribution in [-0.2, 0) is 11.3 Å². The molecular formula is C16H20N6O3. The molecule has 3 aromatic rings. The van der Waals surface area contributed by atoms with Crippen molar-refractivity contribution in [2.75, 3.05) is 5.73 Å². The van der Waals surface area contributed by atoms with Gasteiger partial charge in [0, 0.05) is 13.0 Å². The van der Waals surface area contributed by atoms with Crippen LogP contribution in [0, 0.1) is 0 Å². The summed E-state index contributed by atoms with van der Waals surface area (Å²) in [7, 11) is 0. The smallest absolute Gasteiger partial charge is 0.243 e. The molecule has 0 bridgehead atoms. The van der Waals surface area contributed by atoms with Crippen LogP contribution in [0.4, 0.5) is 5.95 Å². The van der Waals surface area contributed by atoms with Gasteiger partial charge in [-0.25, -0.2) is 15.1 Å². The standard InChI is InChI=1S/C16H20N6O3/c17-16-19-14(12-6-5-9-25-12)11-10-18-22(15(11)20-16)8-4-2-1-3-7-13(23)21-24/h5-6,9-10,24H,1-4,7-8H2,(H,21,23)(H2,17,19,20). The Kier molecular flexibility index (Phi) is 5.24. The number of nitrogen functional groups attached to an aromatic ring is 1. The minimum absolute atomic E-state index is 0.177. The van der Waals surface area contributed by atoms with Gasteiger partial charge in [-0.2, -0.15) is 10.1 Å². The number of aromatic nitrogens is 4. The maximum absolute atomic E-state index is 10.9. The Bertz CT molecular complexity index is 843. The molecule has 0 saturated carbocycles. The lowest BCUT2D eigenvalue weighted by atomic mass is 10.1. The van der Waals surface area contributed by atoms with Crippen LogP contribution >= 0.6 is 0 Å². The summed E-state index contributed by atoms with van der Waals surface area (Å²) in [5, 5.41) is 13.6. The molecule has 3 aromatic heterocycles. The fourth-order valence-electron chi connectivity index (χ4n) is 2.69. The van der Waals surface area contributed by atoms with Crippen molar-refractivity contribution in [2.45, 2.75) is 38.6 Å². The van der Waals surface area contributed by atoms with Gasteiger partial charge in [0.2, 0.25) is 11.9 Å². The number of nitrogens with zero attached hydrogens (tertiary/aromatic N) is 4. The van der Waals surface area contributed by atoms with Crippen molar-refractivity contribution in [3.05, 3.63) is 24.6 Å². The van der Waals surface area contributed by atoms with Gasteiger partial charge in [0.05, 0.1) is 17.8 Å². The molecule has 0 unspecified atom stereocenters. The van der Waals surface area contributed by atoms with Gasteiger partial charge in [0.1, 0.15) is 5.69 Å². The first-order chi connectivity index (χ1) is 12.2. The zero-order chi connectivity index (χ0) is 17.6. The van der Waals surface area contributed by atoms with E-state index < -0.39 is 0 Å². The van der Waals surface area contributed by atoms with Gasteiger partial charge in [-0.1, -0.05) is 12.8 Å². The van der Waals surface area contributed by atoms with E-state index in [2.05, 4.69) is 15.1 Å². The van der Waals surface area contributed by atoms with Gasteiger partial charge < -0.3 is 10.2 Å². The molecule has 3 rings (SSSR count). The van der Waals surface area contributed by atoms with Crippen LogP contribution in [0.25, 0.3) is 22.5 Å². The minimum Gasteiger partial charge on any atom is -0.463 e. The van der Waals surface area contributed by atoms with E-state index in [1.807, 2.05) is 6.07 Å². The molecule has 25 heavy (non-hydrogen) atoms. The second kappa shape index (κ2) is 7.75. The number of nitrogens with one attached hydrogen (secondary N) is 1. The van der Waals surface area contributed by atoms with Crippen LogP contribution in [0.15, 0.2) is 29.0 Å². The van der Waals surface area contributed by atoms with Crippen LogP contribution in [0.5, 0.6) is 0 Å². The van der Waals surface area contributed by atoms with Crippen molar-refractivity contribution >= 4 is 22.9 Å². The number of carbonyl (C=O) groups excluding carboxylic acids is 1. The lowest BCUT2D eigenvalue weighted by molar-refractivity contribution is -0.129. The van der Waals surface area contributed by atoms with Gasteiger partial charge in [-0.3, -0.25) is 10.0 Å². The molecule has 3 heterocycles. The number of rotatable bonds is 8. The fourth-order valence-corrected chi connectivity index (χ4v) is 2.69. The highest BCUT2D eigenvalue weighted by molar-refractivity contribution is 5.89. The van der Waals surface area contributed by atoms with Crippen molar-refractivity contribution in [3.63, 3.8) is 0 Å². The molecule has 0 atom stereocenters. The molecule has 0 aromatic carbocycles. The SMILES string of the molecule is Nc1nc(-c2ccco2)c2cnn(CCCCCCC(=O)NO)c2n1. The largest absolute Gasteiger partial charge is 0.463 e. The Morgan fingerprint density at radius 2 is 2.12 bits per heavy atom. The van der Waals surface area contributed by atoms with Crippen LogP contribution < -0.4 is 11.2 Å². The summed E-state index contributed by atoms with van der Waals surface area (Å²) in [5.41, 5.74) is 8.78. The second-order valence-corrected chi connectivity index (χ2v) is 5.71. The molecule has 0 fully saturated rings. The molecule has 0 spiro atoms. The fraction of sp³-hybridized carbons (Fsp3) is 0.375. The number of aryl methyl sites for hydroxylation is 1. The first-order valence-corrected chi connectivity index (χ1v) is 8.15. The number of hydrogen-bond acceptors (Lipinski definition) is 7. The average molecular weight is 344 g/mol. The van der Waals surface area contributed by atoms with E-state index in [1.165, 1.54) is 0 Å². The van der Waals surface area contributed by atoms with Gasteiger partial charge >= 0.3 is 0 Å². The third kappa shape index (κ3) is 3.94. The van der Waals surface area contributed by atoms with Crippen LogP contribution in [0.1, 0.15) is 32.1 Å². The van der Waals surface area contributed by atoms with E-state index in [9.17, 15) is 4.79 Å². The average Bonchev–Trinajstić information content (AvgIpc) is 3.27. The summed E-state index contributed by atoms with van der Waals surface area (Å²) < 4.78 is 7.22. The summed E-state index contributed by atoms with van der Waals surface area (Å²) in [4.78, 5) is 19.5. The number of furan rings is 1. The van der Waals surface area contributed by atoms with E-state index in [-0.39, 0.29) is 11.9 Å². The van der Waals surface area contributed by atoms with Crippen molar-refractivity contribution in [2.24, 2.45) is 0 Å². The van der Waals surface area contributed by atoms with Gasteiger partial charge in [0.25, 0.3) is 0 Å². The second-order valence-electron chi connectivity index (χ2n) is 5.71. The van der Waals surface area contributed by atoms with Gasteiger partial charge in [-0.05, 0) is 25.0 Å². The van der Waals surface area contributed by atoms with E-state index >= 15 is 0 Å². The third-order valence-electron chi connectivity index (χ3n) is 3.92. The molecule has 0 aliphatic carbocycles. The highest BCUT2D eigenvalue weighted by atomic mass is 16.5. The Labute approximate surface area is 143 Å². The molecular weight excluding hydrogens is 324 g/mol. The van der Waals surface area contributed by atoms with E-state index in [4.69, 9.17) is 15.4 Å². The van der Waals surface area contributed by atoms with E-state index in [0.717, 1.165) is 31.1 Å². The predicted octanol–water partition coefficient (Wildman–Crippen LogP) is 2.12. The lowest BCUT2D eigenvalue weighted by Crippen LogP contribution is -2.17. The van der Waals surface area contributed by atoms with Gasteiger partial charge in [-0.15, -0.1) is 0 Å². The highest BCUT2D eigenvalue weighted by Gasteiger charge is 2.15. The van der Waals surface area contributed by atoms with Crippen molar-refractivity contribution in [3.8, 4) is 11.5 Å². The molecule has 1 amide bonds. The highest BCUT2D eigenvalue weighted by Crippen LogP contribution is 2.27. The summed E-state index contributed by atoms with van der Waals surface area (Å²) in [6.07, 6.45) is 7.13. The first-order valence-electron chi connectivity index (χ1n) is 8.15. The summed E-state index contributed by atoms with van der Waals surface area (Å²) in [6.45, 7) is 0.698. The minimum atomic E-state index is -0.351. The number of hydroxylamine groups is 1. The van der Waals surface area contributed by atoms with Crippen molar-refractivity contribution in [1.82, 2.24) is 25.2 Å². The van der Waals surface area contributed by atoms with Gasteiger partial charge in [0.15, 0.2) is 11.4 Å². The third-order valence-corrected chi connectivity index (χ3v) is 3.92. The molecule has 0 aliphatic heterocycles. The summed E-state index contributed by atoms with van der Waals surface area (Å²) in [6, 6.07) is 3.61. The van der Waals surface area contributed by atoms with E-state index in [1.54, 1.807) is 28.7 Å². The van der Waals surface area contributed by atoms with Crippen molar-refractivity contribution < 1.29 is 14.4 Å². The maximum Gasteiger partial charge on any atom is 0.243 e. The Morgan fingerprint density at radius 1 is 1.28 bits per heavy atom. The Hall–Kier alpha value is -2.94. The number of nitrogens with two attached hydrogens (primary N) is 1. The van der Waals surface area contributed by atoms with Crippen LogP contribution in [-0.4, -0.2) is 30.9 Å². The molecule has 0 radical (unpaired) electrons. The molecule has 4 N–H and O–H groups in total. The topological polar surface area (TPSA) is 132 Å². The number of anilines is 1. The lowest BCUT2D eigenvalue weighted by Gasteiger charge is -2.05. The first kappa shape index (κ1) is 16.9. The Morgan fingerprint density at radius 3 is 2.88 bits per heavy atom. The summed E-state index contributed by atoms with van der Waals surface area (Å²) >= 11 is 0. The zero-order valence-corrected chi connectivity index (χ0v) is 13.7. The molecule has 0 aliphatic rings. The van der Waals surface area contributed by atoms with E-state index in [0.29, 0.717) is 30.1 Å². The maximum atomic E-state index is 10.9. The quantitative estimate of drug-likeness (QED) is 0.324. The molecule has 9 heteroatoms.